The molecule has 0 spiro atoms. The van der Waals surface area contributed by atoms with Gasteiger partial charge in [-0.05, 0) is 30.4 Å². The highest BCUT2D eigenvalue weighted by molar-refractivity contribution is 5.64. The molecule has 2 aromatic rings. The number of nitrogens with zero attached hydrogens (tertiary/aromatic N) is 1. The first-order valence-corrected chi connectivity index (χ1v) is 6.05. The van der Waals surface area contributed by atoms with Crippen molar-refractivity contribution in [3.8, 4) is 11.3 Å². The van der Waals surface area contributed by atoms with Gasteiger partial charge in [-0.1, -0.05) is 30.7 Å². The Morgan fingerprint density at radius 1 is 1.12 bits per heavy atom. The maximum atomic E-state index is 13.2. The Morgan fingerprint density at radius 3 is 2.65 bits per heavy atom. The zero-order chi connectivity index (χ0) is 11.7. The maximum absolute atomic E-state index is 13.2. The molecule has 0 aliphatic heterocycles. The zero-order valence-corrected chi connectivity index (χ0v) is 9.57. The fourth-order valence-corrected chi connectivity index (χ4v) is 2.36. The van der Waals surface area contributed by atoms with Gasteiger partial charge in [-0.2, -0.15) is 0 Å². The van der Waals surface area contributed by atoms with E-state index in [0.717, 1.165) is 11.3 Å². The Labute approximate surface area is 100 Å². The first-order chi connectivity index (χ1) is 8.34. The van der Waals surface area contributed by atoms with Gasteiger partial charge >= 0.3 is 0 Å². The van der Waals surface area contributed by atoms with E-state index in [1.54, 1.807) is 0 Å². The van der Waals surface area contributed by atoms with Gasteiger partial charge in [-0.3, -0.25) is 4.98 Å². The average Bonchev–Trinajstić information content (AvgIpc) is 2.27. The summed E-state index contributed by atoms with van der Waals surface area (Å²) in [6, 6.07) is 11.1. The van der Waals surface area contributed by atoms with Crippen LogP contribution in [-0.4, -0.2) is 4.98 Å². The van der Waals surface area contributed by atoms with Crippen LogP contribution >= 0.6 is 0 Å². The molecule has 0 bridgehead atoms. The Morgan fingerprint density at radius 2 is 1.94 bits per heavy atom. The third-order valence-corrected chi connectivity index (χ3v) is 3.50. The molecular formula is C15H14FN. The topological polar surface area (TPSA) is 12.9 Å². The number of hydrogen-bond donors (Lipinski definition) is 0. The van der Waals surface area contributed by atoms with Gasteiger partial charge in [0.1, 0.15) is 5.82 Å². The van der Waals surface area contributed by atoms with Gasteiger partial charge in [0, 0.05) is 17.8 Å². The summed E-state index contributed by atoms with van der Waals surface area (Å²) in [5, 5.41) is 0. The van der Waals surface area contributed by atoms with E-state index in [0.29, 0.717) is 5.92 Å². The second-order valence-corrected chi connectivity index (χ2v) is 4.57. The van der Waals surface area contributed by atoms with Gasteiger partial charge < -0.3 is 0 Å². The van der Waals surface area contributed by atoms with Crippen molar-refractivity contribution in [1.29, 1.82) is 0 Å². The zero-order valence-electron chi connectivity index (χ0n) is 9.57. The summed E-state index contributed by atoms with van der Waals surface area (Å²) in [6.45, 7) is 0. The summed E-state index contributed by atoms with van der Waals surface area (Å²) in [7, 11) is 0. The van der Waals surface area contributed by atoms with Crippen LogP contribution in [0.25, 0.3) is 11.3 Å². The fraction of sp³-hybridized carbons (Fsp3) is 0.267. The predicted octanol–water partition coefficient (Wildman–Crippen LogP) is 4.16. The van der Waals surface area contributed by atoms with Crippen molar-refractivity contribution in [2.24, 2.45) is 0 Å². The summed E-state index contributed by atoms with van der Waals surface area (Å²) in [6.07, 6.45) is 5.32. The van der Waals surface area contributed by atoms with Crippen LogP contribution in [0, 0.1) is 5.82 Å². The minimum Gasteiger partial charge on any atom is -0.256 e. The van der Waals surface area contributed by atoms with E-state index in [1.807, 2.05) is 12.1 Å². The Bertz CT molecular complexity index is 532. The van der Waals surface area contributed by atoms with E-state index in [4.69, 9.17) is 0 Å². The van der Waals surface area contributed by atoms with Crippen LogP contribution in [0.3, 0.4) is 0 Å². The van der Waals surface area contributed by atoms with E-state index in [2.05, 4.69) is 17.1 Å². The Balaban J connectivity index is 2.07. The van der Waals surface area contributed by atoms with E-state index >= 15 is 0 Å². The molecule has 3 rings (SSSR count). The molecule has 1 heterocycles. The highest BCUT2D eigenvalue weighted by atomic mass is 19.1. The van der Waals surface area contributed by atoms with Gasteiger partial charge in [-0.25, -0.2) is 4.39 Å². The molecule has 0 amide bonds. The molecular weight excluding hydrogens is 213 g/mol. The van der Waals surface area contributed by atoms with Crippen molar-refractivity contribution in [1.82, 2.24) is 4.98 Å². The van der Waals surface area contributed by atoms with Gasteiger partial charge in [0.05, 0.1) is 5.69 Å². The molecule has 0 unspecified atom stereocenters. The molecule has 1 aromatic carbocycles. The number of hydrogen-bond acceptors (Lipinski definition) is 1. The lowest BCUT2D eigenvalue weighted by Crippen LogP contribution is -2.10. The highest BCUT2D eigenvalue weighted by Crippen LogP contribution is 2.40. The van der Waals surface area contributed by atoms with E-state index in [1.165, 1.54) is 43.2 Å². The smallest absolute Gasteiger partial charge is 0.126 e. The maximum Gasteiger partial charge on any atom is 0.126 e. The van der Waals surface area contributed by atoms with E-state index in [-0.39, 0.29) is 5.82 Å². The van der Waals surface area contributed by atoms with Crippen LogP contribution in [0.5, 0.6) is 0 Å². The molecule has 1 nitrogen and oxygen atoms in total. The van der Waals surface area contributed by atoms with Crippen LogP contribution in [0.2, 0.25) is 0 Å². The summed E-state index contributed by atoms with van der Waals surface area (Å²) in [5.41, 5.74) is 3.14. The molecule has 0 radical (unpaired) electrons. The monoisotopic (exact) mass is 227 g/mol. The fourth-order valence-electron chi connectivity index (χ4n) is 2.36. The van der Waals surface area contributed by atoms with Gasteiger partial charge in [0.25, 0.3) is 0 Å². The van der Waals surface area contributed by atoms with Crippen LogP contribution in [-0.2, 0) is 0 Å². The molecule has 1 aliphatic rings. The third-order valence-electron chi connectivity index (χ3n) is 3.50. The quantitative estimate of drug-likeness (QED) is 0.750. The minimum atomic E-state index is -0.224. The molecule has 1 fully saturated rings. The number of pyridine rings is 1. The number of aromatic nitrogens is 1. The standard InChI is InChI=1S/C15H14FN/c16-12-8-9-17-15(10-12)14-7-2-1-6-13(14)11-4-3-5-11/h1-2,6-11H,3-5H2. The summed E-state index contributed by atoms with van der Waals surface area (Å²) < 4.78 is 13.2. The molecule has 0 atom stereocenters. The SMILES string of the molecule is Fc1ccnc(-c2ccccc2C2CCC2)c1. The van der Waals surface area contributed by atoms with Crippen LogP contribution in [0.1, 0.15) is 30.7 Å². The molecule has 2 heteroatoms. The van der Waals surface area contributed by atoms with Crippen molar-refractivity contribution in [2.75, 3.05) is 0 Å². The van der Waals surface area contributed by atoms with E-state index < -0.39 is 0 Å². The molecule has 0 saturated heterocycles. The van der Waals surface area contributed by atoms with E-state index in [9.17, 15) is 4.39 Å². The first kappa shape index (κ1) is 10.5. The van der Waals surface area contributed by atoms with Gasteiger partial charge in [0.15, 0.2) is 0 Å². The lowest BCUT2D eigenvalue weighted by Gasteiger charge is -2.27. The second kappa shape index (κ2) is 4.28. The first-order valence-electron chi connectivity index (χ1n) is 6.05. The largest absolute Gasteiger partial charge is 0.256 e. The minimum absolute atomic E-state index is 0.224. The molecule has 0 N–H and O–H groups in total. The summed E-state index contributed by atoms with van der Waals surface area (Å²) in [5.74, 6) is 0.412. The molecule has 86 valence electrons. The predicted molar refractivity (Wildman–Crippen MR) is 66.2 cm³/mol. The number of halogens is 1. The van der Waals surface area contributed by atoms with Gasteiger partial charge in [-0.15, -0.1) is 0 Å². The van der Waals surface area contributed by atoms with Crippen LogP contribution < -0.4 is 0 Å². The van der Waals surface area contributed by atoms with Crippen molar-refractivity contribution >= 4 is 0 Å². The molecule has 17 heavy (non-hydrogen) atoms. The Hall–Kier alpha value is -1.70. The lowest BCUT2D eigenvalue weighted by atomic mass is 9.78. The van der Waals surface area contributed by atoms with Crippen LogP contribution in [0.15, 0.2) is 42.6 Å². The van der Waals surface area contributed by atoms with Crippen molar-refractivity contribution < 1.29 is 4.39 Å². The van der Waals surface area contributed by atoms with Crippen LogP contribution in [0.4, 0.5) is 4.39 Å². The number of benzene rings is 1. The molecule has 1 saturated carbocycles. The highest BCUT2D eigenvalue weighted by Gasteiger charge is 2.22. The van der Waals surface area contributed by atoms with Gasteiger partial charge in [0.2, 0.25) is 0 Å². The molecule has 1 aromatic heterocycles. The molecule has 1 aliphatic carbocycles. The van der Waals surface area contributed by atoms with Crippen molar-refractivity contribution in [2.45, 2.75) is 25.2 Å². The third kappa shape index (κ3) is 1.95. The lowest BCUT2D eigenvalue weighted by molar-refractivity contribution is 0.420. The number of rotatable bonds is 2. The summed E-state index contributed by atoms with van der Waals surface area (Å²) >= 11 is 0. The normalized spacial score (nSPS) is 15.6. The van der Waals surface area contributed by atoms with Crippen molar-refractivity contribution in [3.63, 3.8) is 0 Å². The average molecular weight is 227 g/mol. The second-order valence-electron chi connectivity index (χ2n) is 4.57. The summed E-state index contributed by atoms with van der Waals surface area (Å²) in [4.78, 5) is 4.27. The Kier molecular flexibility index (Phi) is 2.63. The van der Waals surface area contributed by atoms with Crippen molar-refractivity contribution in [3.05, 3.63) is 54.0 Å².